The molecule has 1 rings (SSSR count). The summed E-state index contributed by atoms with van der Waals surface area (Å²) in [6, 6.07) is 7.82. The minimum Gasteiger partial charge on any atom is -0.356 e. The fourth-order valence-electron chi connectivity index (χ4n) is 2.26. The highest BCUT2D eigenvalue weighted by molar-refractivity contribution is 6.31. The van der Waals surface area contributed by atoms with Gasteiger partial charge in [0.05, 0.1) is 6.54 Å². The molecule has 0 saturated carbocycles. The topological polar surface area (TPSA) is 65.5 Å². The number of nitrogens with zero attached hydrogens (tertiary/aromatic N) is 1. The van der Waals surface area contributed by atoms with Crippen molar-refractivity contribution in [3.8, 4) is 0 Å². The van der Waals surface area contributed by atoms with E-state index in [-0.39, 0.29) is 23.4 Å². The second kappa shape index (κ2) is 8.38. The summed E-state index contributed by atoms with van der Waals surface area (Å²) in [5.41, 5.74) is 0.644. The van der Waals surface area contributed by atoms with Crippen molar-refractivity contribution in [2.24, 2.45) is 4.99 Å². The number of rotatable bonds is 5. The van der Waals surface area contributed by atoms with Crippen LogP contribution in [0.2, 0.25) is 5.02 Å². The van der Waals surface area contributed by atoms with Crippen molar-refractivity contribution in [3.63, 3.8) is 0 Å². The van der Waals surface area contributed by atoms with E-state index in [1.54, 1.807) is 7.05 Å². The third-order valence-electron chi connectivity index (χ3n) is 3.46. The summed E-state index contributed by atoms with van der Waals surface area (Å²) in [6.45, 7) is 10.9. The first-order chi connectivity index (χ1) is 11.0. The maximum atomic E-state index is 11.9. The lowest BCUT2D eigenvalue weighted by molar-refractivity contribution is -0.121. The van der Waals surface area contributed by atoms with Gasteiger partial charge in [-0.05, 0) is 32.4 Å². The molecule has 1 aromatic rings. The van der Waals surface area contributed by atoms with Gasteiger partial charge in [0.25, 0.3) is 0 Å². The molecule has 0 radical (unpaired) electrons. The number of halogens is 1. The van der Waals surface area contributed by atoms with Crippen LogP contribution in [0.4, 0.5) is 0 Å². The van der Waals surface area contributed by atoms with E-state index in [1.807, 2.05) is 45.0 Å². The molecule has 0 heterocycles. The maximum Gasteiger partial charge on any atom is 0.239 e. The average Bonchev–Trinajstić information content (AvgIpc) is 2.45. The number of hydrogen-bond donors (Lipinski definition) is 3. The first-order valence-corrected chi connectivity index (χ1v) is 8.43. The zero-order valence-electron chi connectivity index (χ0n) is 15.5. The Hall–Kier alpha value is -1.75. The molecule has 0 fully saturated rings. The van der Waals surface area contributed by atoms with Gasteiger partial charge in [0.1, 0.15) is 0 Å². The molecule has 0 aromatic heterocycles. The molecule has 0 atom stereocenters. The average molecular weight is 353 g/mol. The molecule has 0 aliphatic rings. The predicted molar refractivity (Wildman–Crippen MR) is 102 cm³/mol. The highest BCUT2D eigenvalue weighted by Gasteiger charge is 2.23. The Morgan fingerprint density at radius 3 is 2.29 bits per heavy atom. The Morgan fingerprint density at radius 1 is 1.12 bits per heavy atom. The number of benzene rings is 1. The zero-order valence-corrected chi connectivity index (χ0v) is 16.2. The largest absolute Gasteiger partial charge is 0.356 e. The molecule has 0 aliphatic carbocycles. The minimum atomic E-state index is -0.248. The van der Waals surface area contributed by atoms with E-state index in [2.05, 4.69) is 34.8 Å². The maximum absolute atomic E-state index is 11.9. The Morgan fingerprint density at radius 2 is 1.75 bits per heavy atom. The number of carbonyl (C=O) groups is 1. The summed E-state index contributed by atoms with van der Waals surface area (Å²) in [7, 11) is 1.68. The summed E-state index contributed by atoms with van der Waals surface area (Å²) >= 11 is 6.30. The van der Waals surface area contributed by atoms with Gasteiger partial charge in [-0.15, -0.1) is 0 Å². The summed E-state index contributed by atoms with van der Waals surface area (Å²) in [5, 5.41) is 9.93. The Balaban J connectivity index is 2.58. The van der Waals surface area contributed by atoms with Crippen LogP contribution in [0.1, 0.15) is 40.2 Å². The molecule has 0 unspecified atom stereocenters. The second-order valence-electron chi connectivity index (χ2n) is 7.44. The molecule has 3 N–H and O–H groups in total. The molecule has 0 saturated heterocycles. The van der Waals surface area contributed by atoms with Crippen LogP contribution in [0.3, 0.4) is 0 Å². The Kier molecular flexibility index (Phi) is 7.08. The van der Waals surface area contributed by atoms with Gasteiger partial charge >= 0.3 is 0 Å². The number of carbonyl (C=O) groups excluding carboxylic acids is 1. The van der Waals surface area contributed by atoms with Crippen molar-refractivity contribution in [3.05, 3.63) is 34.9 Å². The van der Waals surface area contributed by atoms with Crippen molar-refractivity contribution < 1.29 is 4.79 Å². The van der Waals surface area contributed by atoms with Crippen LogP contribution in [0, 0.1) is 0 Å². The fraction of sp³-hybridized carbons (Fsp3) is 0.556. The van der Waals surface area contributed by atoms with Crippen molar-refractivity contribution >= 4 is 23.5 Å². The van der Waals surface area contributed by atoms with E-state index in [0.29, 0.717) is 12.5 Å². The predicted octanol–water partition coefficient (Wildman–Crippen LogP) is 2.70. The second-order valence-corrected chi connectivity index (χ2v) is 7.85. The van der Waals surface area contributed by atoms with Crippen LogP contribution in [-0.4, -0.2) is 37.5 Å². The number of aliphatic imine (C=N–C) groups is 1. The molecule has 0 bridgehead atoms. The smallest absolute Gasteiger partial charge is 0.239 e. The molecule has 6 heteroatoms. The monoisotopic (exact) mass is 352 g/mol. The van der Waals surface area contributed by atoms with Gasteiger partial charge in [-0.2, -0.15) is 0 Å². The van der Waals surface area contributed by atoms with Crippen molar-refractivity contribution in [2.45, 2.75) is 45.6 Å². The number of amides is 1. The molecule has 5 nitrogen and oxygen atoms in total. The minimum absolute atomic E-state index is 0.0733. The van der Waals surface area contributed by atoms with Crippen LogP contribution >= 0.6 is 11.6 Å². The third-order valence-corrected chi connectivity index (χ3v) is 3.78. The summed E-state index contributed by atoms with van der Waals surface area (Å²) in [4.78, 5) is 16.0. The lowest BCUT2D eigenvalue weighted by atomic mass is 9.84. The van der Waals surface area contributed by atoms with Crippen LogP contribution < -0.4 is 16.0 Å². The standard InChI is InChI=1S/C18H29ClN4O/c1-17(2,3)23-15(24)11-21-16(20-6)22-12-18(4,5)13-9-7-8-10-14(13)19/h7-10H,11-12H2,1-6H3,(H,23,24)(H2,20,21,22). The SMILES string of the molecule is CN=C(NCC(=O)NC(C)(C)C)NCC(C)(C)c1ccccc1Cl. The van der Waals surface area contributed by atoms with Gasteiger partial charge in [-0.25, -0.2) is 0 Å². The van der Waals surface area contributed by atoms with Gasteiger partial charge in [-0.1, -0.05) is 43.6 Å². The lowest BCUT2D eigenvalue weighted by Gasteiger charge is -2.28. The van der Waals surface area contributed by atoms with E-state index in [4.69, 9.17) is 11.6 Å². The molecule has 24 heavy (non-hydrogen) atoms. The van der Waals surface area contributed by atoms with Crippen molar-refractivity contribution in [1.29, 1.82) is 0 Å². The molecule has 134 valence electrons. The molecule has 0 spiro atoms. The zero-order chi connectivity index (χ0) is 18.4. The van der Waals surface area contributed by atoms with E-state index >= 15 is 0 Å². The van der Waals surface area contributed by atoms with Crippen LogP contribution in [0.5, 0.6) is 0 Å². The van der Waals surface area contributed by atoms with Gasteiger partial charge in [0, 0.05) is 29.6 Å². The third kappa shape index (κ3) is 6.79. The van der Waals surface area contributed by atoms with Gasteiger partial charge in [-0.3, -0.25) is 9.79 Å². The van der Waals surface area contributed by atoms with E-state index < -0.39 is 0 Å². The van der Waals surface area contributed by atoms with Gasteiger partial charge in [0.2, 0.25) is 5.91 Å². The first kappa shape index (κ1) is 20.3. The van der Waals surface area contributed by atoms with Crippen LogP contribution in [0.25, 0.3) is 0 Å². The summed E-state index contributed by atoms with van der Waals surface area (Å²) in [5.74, 6) is 0.509. The molecule has 1 aromatic carbocycles. The highest BCUT2D eigenvalue weighted by Crippen LogP contribution is 2.28. The number of hydrogen-bond acceptors (Lipinski definition) is 2. The Labute approximate surface area is 150 Å². The van der Waals surface area contributed by atoms with Gasteiger partial charge < -0.3 is 16.0 Å². The Bertz CT molecular complexity index is 591. The van der Waals surface area contributed by atoms with Crippen LogP contribution in [0.15, 0.2) is 29.3 Å². The fourth-order valence-corrected chi connectivity index (χ4v) is 2.65. The van der Waals surface area contributed by atoms with Crippen molar-refractivity contribution in [2.75, 3.05) is 20.1 Å². The summed E-state index contributed by atoms with van der Waals surface area (Å²) in [6.07, 6.45) is 0. The highest BCUT2D eigenvalue weighted by atomic mass is 35.5. The van der Waals surface area contributed by atoms with Crippen LogP contribution in [-0.2, 0) is 10.2 Å². The molecule has 1 amide bonds. The lowest BCUT2D eigenvalue weighted by Crippen LogP contribution is -2.49. The molecular formula is C18H29ClN4O. The molecule has 0 aliphatic heterocycles. The quantitative estimate of drug-likeness (QED) is 0.564. The van der Waals surface area contributed by atoms with Gasteiger partial charge in [0.15, 0.2) is 5.96 Å². The van der Waals surface area contributed by atoms with E-state index in [1.165, 1.54) is 0 Å². The van der Waals surface area contributed by atoms with E-state index in [0.717, 1.165) is 10.6 Å². The number of nitrogens with one attached hydrogen (secondary N) is 3. The van der Waals surface area contributed by atoms with Crippen molar-refractivity contribution in [1.82, 2.24) is 16.0 Å². The first-order valence-electron chi connectivity index (χ1n) is 8.06. The number of guanidine groups is 1. The molecular weight excluding hydrogens is 324 g/mol. The van der Waals surface area contributed by atoms with E-state index in [9.17, 15) is 4.79 Å². The normalized spacial score (nSPS) is 12.7. The summed E-state index contributed by atoms with van der Waals surface area (Å²) < 4.78 is 0.